The second-order valence-corrected chi connectivity index (χ2v) is 3.53. The summed E-state index contributed by atoms with van der Waals surface area (Å²) >= 11 is 5.75. The highest BCUT2D eigenvalue weighted by molar-refractivity contribution is 6.32. The van der Waals surface area contributed by atoms with Gasteiger partial charge in [-0.25, -0.2) is 9.37 Å². The monoisotopic (exact) mass is 237 g/mol. The molecule has 1 aromatic heterocycles. The number of hydrogen-bond acceptors (Lipinski definition) is 3. The summed E-state index contributed by atoms with van der Waals surface area (Å²) in [6.07, 6.45) is 1.50. The molecule has 0 atom stereocenters. The van der Waals surface area contributed by atoms with E-state index in [1.54, 1.807) is 24.3 Å². The van der Waals surface area contributed by atoms with Crippen LogP contribution >= 0.6 is 11.6 Å². The molecule has 82 valence electrons. The molecule has 0 radical (unpaired) electrons. The van der Waals surface area contributed by atoms with Crippen LogP contribution in [0.1, 0.15) is 0 Å². The van der Waals surface area contributed by atoms with Crippen molar-refractivity contribution in [2.75, 3.05) is 11.1 Å². The van der Waals surface area contributed by atoms with Gasteiger partial charge in [0.25, 0.3) is 0 Å². The van der Waals surface area contributed by atoms with Crippen LogP contribution in [0, 0.1) is 5.82 Å². The lowest BCUT2D eigenvalue weighted by atomic mass is 10.2. The molecule has 0 unspecified atom stereocenters. The van der Waals surface area contributed by atoms with Gasteiger partial charge in [0.15, 0.2) is 5.15 Å². The number of para-hydroxylation sites is 1. The maximum atomic E-state index is 13.4. The molecular weight excluding hydrogens is 229 g/mol. The van der Waals surface area contributed by atoms with Crippen LogP contribution in [-0.2, 0) is 0 Å². The van der Waals surface area contributed by atoms with E-state index in [-0.39, 0.29) is 11.0 Å². The molecule has 0 spiro atoms. The van der Waals surface area contributed by atoms with Crippen molar-refractivity contribution in [3.05, 3.63) is 47.5 Å². The standard InChI is InChI=1S/C11H9ClFN3/c12-11-10(14)9(5-6-15-11)16-8-4-2-1-3-7(8)13/h1-6H,14H2,(H,15,16). The molecule has 0 aliphatic carbocycles. The number of benzene rings is 1. The predicted molar refractivity (Wildman–Crippen MR) is 63.3 cm³/mol. The summed E-state index contributed by atoms with van der Waals surface area (Å²) in [4.78, 5) is 3.81. The average molecular weight is 238 g/mol. The van der Waals surface area contributed by atoms with Gasteiger partial charge in [0.05, 0.1) is 17.1 Å². The molecule has 3 N–H and O–H groups in total. The number of rotatable bonds is 2. The van der Waals surface area contributed by atoms with Crippen LogP contribution in [0.15, 0.2) is 36.5 Å². The molecule has 0 saturated carbocycles. The first-order chi connectivity index (χ1) is 7.68. The smallest absolute Gasteiger partial charge is 0.154 e. The molecular formula is C11H9ClFN3. The molecule has 0 amide bonds. The Morgan fingerprint density at radius 1 is 1.19 bits per heavy atom. The minimum Gasteiger partial charge on any atom is -0.395 e. The topological polar surface area (TPSA) is 50.9 Å². The predicted octanol–water partition coefficient (Wildman–Crippen LogP) is 3.20. The number of pyridine rings is 1. The van der Waals surface area contributed by atoms with Crippen molar-refractivity contribution in [3.63, 3.8) is 0 Å². The molecule has 3 nitrogen and oxygen atoms in total. The first-order valence-electron chi connectivity index (χ1n) is 4.60. The van der Waals surface area contributed by atoms with Gasteiger partial charge in [0.2, 0.25) is 0 Å². The van der Waals surface area contributed by atoms with E-state index in [4.69, 9.17) is 17.3 Å². The van der Waals surface area contributed by atoms with Gasteiger partial charge in [-0.1, -0.05) is 23.7 Å². The summed E-state index contributed by atoms with van der Waals surface area (Å²) in [6, 6.07) is 7.95. The van der Waals surface area contributed by atoms with Crippen LogP contribution < -0.4 is 11.1 Å². The lowest BCUT2D eigenvalue weighted by Crippen LogP contribution is -1.99. The third-order valence-corrected chi connectivity index (χ3v) is 2.39. The Morgan fingerprint density at radius 3 is 2.69 bits per heavy atom. The highest BCUT2D eigenvalue weighted by atomic mass is 35.5. The summed E-state index contributed by atoms with van der Waals surface area (Å²) in [7, 11) is 0. The SMILES string of the molecule is Nc1c(Nc2ccccc2F)ccnc1Cl. The lowest BCUT2D eigenvalue weighted by molar-refractivity contribution is 0.632. The molecule has 0 fully saturated rings. The van der Waals surface area contributed by atoms with Crippen LogP contribution in [-0.4, -0.2) is 4.98 Å². The Morgan fingerprint density at radius 2 is 1.94 bits per heavy atom. The molecule has 0 aliphatic heterocycles. The summed E-state index contributed by atoms with van der Waals surface area (Å²) < 4.78 is 13.4. The van der Waals surface area contributed by atoms with Crippen LogP contribution in [0.4, 0.5) is 21.5 Å². The quantitative estimate of drug-likeness (QED) is 0.789. The lowest BCUT2D eigenvalue weighted by Gasteiger charge is -2.10. The third-order valence-electron chi connectivity index (χ3n) is 2.08. The number of nitrogens with zero attached hydrogens (tertiary/aromatic N) is 1. The molecule has 0 aliphatic rings. The number of anilines is 3. The van der Waals surface area contributed by atoms with Gasteiger partial charge >= 0.3 is 0 Å². The van der Waals surface area contributed by atoms with E-state index < -0.39 is 0 Å². The van der Waals surface area contributed by atoms with E-state index in [1.165, 1.54) is 12.3 Å². The Labute approximate surface area is 97.1 Å². The molecule has 5 heteroatoms. The minimum atomic E-state index is -0.352. The van der Waals surface area contributed by atoms with Crippen molar-refractivity contribution < 1.29 is 4.39 Å². The highest BCUT2D eigenvalue weighted by Crippen LogP contribution is 2.28. The van der Waals surface area contributed by atoms with Gasteiger partial charge in [-0.2, -0.15) is 0 Å². The molecule has 16 heavy (non-hydrogen) atoms. The molecule has 0 bridgehead atoms. The Kier molecular flexibility index (Phi) is 2.92. The van der Waals surface area contributed by atoms with Crippen LogP contribution in [0.3, 0.4) is 0 Å². The summed E-state index contributed by atoms with van der Waals surface area (Å²) in [5.41, 5.74) is 6.88. The van der Waals surface area contributed by atoms with Gasteiger partial charge in [-0.15, -0.1) is 0 Å². The van der Waals surface area contributed by atoms with Crippen molar-refractivity contribution in [3.8, 4) is 0 Å². The fourth-order valence-electron chi connectivity index (χ4n) is 1.26. The number of nitrogens with two attached hydrogens (primary N) is 1. The first-order valence-corrected chi connectivity index (χ1v) is 4.98. The fourth-order valence-corrected chi connectivity index (χ4v) is 1.42. The molecule has 2 rings (SSSR count). The Bertz CT molecular complexity index is 516. The maximum Gasteiger partial charge on any atom is 0.154 e. The van der Waals surface area contributed by atoms with Crippen molar-refractivity contribution in [1.82, 2.24) is 4.98 Å². The third kappa shape index (κ3) is 2.06. The van der Waals surface area contributed by atoms with E-state index >= 15 is 0 Å². The average Bonchev–Trinajstić information content (AvgIpc) is 2.28. The summed E-state index contributed by atoms with van der Waals surface area (Å²) in [6.45, 7) is 0. The Balaban J connectivity index is 2.35. The van der Waals surface area contributed by atoms with E-state index in [0.717, 1.165) is 0 Å². The van der Waals surface area contributed by atoms with Gasteiger partial charge in [0.1, 0.15) is 5.82 Å². The van der Waals surface area contributed by atoms with Crippen molar-refractivity contribution in [1.29, 1.82) is 0 Å². The molecule has 1 heterocycles. The number of nitrogens with one attached hydrogen (secondary N) is 1. The zero-order chi connectivity index (χ0) is 11.5. The first kappa shape index (κ1) is 10.7. The number of nitrogen functional groups attached to an aromatic ring is 1. The van der Waals surface area contributed by atoms with Crippen LogP contribution in [0.25, 0.3) is 0 Å². The Hall–Kier alpha value is -1.81. The van der Waals surface area contributed by atoms with Gasteiger partial charge in [-0.3, -0.25) is 0 Å². The number of halogens is 2. The summed E-state index contributed by atoms with van der Waals surface area (Å²) in [5.74, 6) is -0.352. The molecule has 2 aromatic rings. The molecule has 1 aromatic carbocycles. The van der Waals surface area contributed by atoms with Crippen molar-refractivity contribution >= 4 is 28.7 Å². The van der Waals surface area contributed by atoms with Crippen molar-refractivity contribution in [2.24, 2.45) is 0 Å². The van der Waals surface area contributed by atoms with Gasteiger partial charge < -0.3 is 11.1 Å². The highest BCUT2D eigenvalue weighted by Gasteiger charge is 2.06. The normalized spacial score (nSPS) is 10.1. The van der Waals surface area contributed by atoms with Crippen LogP contribution in [0.2, 0.25) is 5.15 Å². The zero-order valence-corrected chi connectivity index (χ0v) is 9.00. The fraction of sp³-hybridized carbons (Fsp3) is 0. The van der Waals surface area contributed by atoms with E-state index in [9.17, 15) is 4.39 Å². The second-order valence-electron chi connectivity index (χ2n) is 3.17. The molecule has 0 saturated heterocycles. The van der Waals surface area contributed by atoms with Crippen molar-refractivity contribution in [2.45, 2.75) is 0 Å². The number of aromatic nitrogens is 1. The zero-order valence-electron chi connectivity index (χ0n) is 8.24. The summed E-state index contributed by atoms with van der Waals surface area (Å²) in [5, 5.41) is 3.05. The van der Waals surface area contributed by atoms with E-state index in [1.807, 2.05) is 0 Å². The van der Waals surface area contributed by atoms with Gasteiger partial charge in [-0.05, 0) is 18.2 Å². The second kappa shape index (κ2) is 4.37. The maximum absolute atomic E-state index is 13.4. The number of hydrogen-bond donors (Lipinski definition) is 2. The minimum absolute atomic E-state index is 0.196. The largest absolute Gasteiger partial charge is 0.395 e. The van der Waals surface area contributed by atoms with Crippen LogP contribution in [0.5, 0.6) is 0 Å². The van der Waals surface area contributed by atoms with E-state index in [2.05, 4.69) is 10.3 Å². The van der Waals surface area contributed by atoms with E-state index in [0.29, 0.717) is 17.1 Å². The van der Waals surface area contributed by atoms with Gasteiger partial charge in [0, 0.05) is 6.20 Å².